The minimum atomic E-state index is -4.26. The number of rotatable bonds is 0. The molecule has 0 saturated carbocycles. The predicted octanol–water partition coefficient (Wildman–Crippen LogP) is 4.54. The van der Waals surface area contributed by atoms with E-state index >= 15 is 0 Å². The van der Waals surface area contributed by atoms with Gasteiger partial charge in [-0.25, -0.2) is 0 Å². The molecule has 0 aliphatic heterocycles. The third-order valence-corrected chi connectivity index (χ3v) is 3.39. The zero-order valence-corrected chi connectivity index (χ0v) is 9.09. The van der Waals surface area contributed by atoms with Gasteiger partial charge in [-0.2, -0.15) is 13.2 Å². The normalized spacial score (nSPS) is 12.3. The molecular formula is C11H9F3S. The summed E-state index contributed by atoms with van der Waals surface area (Å²) in [5, 5.41) is 0.676. The molecular weight excluding hydrogens is 221 g/mol. The summed E-state index contributed by atoms with van der Waals surface area (Å²) in [6, 6.07) is 5.05. The molecule has 0 bridgehead atoms. The van der Waals surface area contributed by atoms with Gasteiger partial charge in [0, 0.05) is 9.58 Å². The standard InChI is InChI=1S/C11H9F3S/c1-6-3-4-8-5-7(2)15-10(8)9(6)11(12,13)14/h3-5H,1-2H3. The summed E-state index contributed by atoms with van der Waals surface area (Å²) in [5.41, 5.74) is -0.199. The van der Waals surface area contributed by atoms with Crippen molar-refractivity contribution in [3.63, 3.8) is 0 Å². The lowest BCUT2D eigenvalue weighted by Gasteiger charge is -2.10. The van der Waals surface area contributed by atoms with Crippen LogP contribution in [0.5, 0.6) is 0 Å². The highest BCUT2D eigenvalue weighted by Gasteiger charge is 2.34. The van der Waals surface area contributed by atoms with Gasteiger partial charge >= 0.3 is 6.18 Å². The van der Waals surface area contributed by atoms with Gasteiger partial charge in [-0.1, -0.05) is 12.1 Å². The van der Waals surface area contributed by atoms with Crippen molar-refractivity contribution in [2.24, 2.45) is 0 Å². The molecule has 1 aromatic carbocycles. The second-order valence-corrected chi connectivity index (χ2v) is 4.79. The third kappa shape index (κ3) is 1.74. The van der Waals surface area contributed by atoms with E-state index in [0.29, 0.717) is 10.1 Å². The van der Waals surface area contributed by atoms with Gasteiger partial charge in [0.15, 0.2) is 0 Å². The molecule has 15 heavy (non-hydrogen) atoms. The Kier molecular flexibility index (Phi) is 2.26. The van der Waals surface area contributed by atoms with Crippen molar-refractivity contribution in [1.29, 1.82) is 0 Å². The van der Waals surface area contributed by atoms with Crippen LogP contribution in [0.25, 0.3) is 10.1 Å². The smallest absolute Gasteiger partial charge is 0.166 e. The number of halogens is 3. The Hall–Kier alpha value is -1.03. The second kappa shape index (κ2) is 3.23. The average Bonchev–Trinajstić information content (AvgIpc) is 2.41. The van der Waals surface area contributed by atoms with Crippen LogP contribution in [0.1, 0.15) is 16.0 Å². The van der Waals surface area contributed by atoms with Gasteiger partial charge in [-0.15, -0.1) is 11.3 Å². The number of hydrogen-bond acceptors (Lipinski definition) is 1. The predicted molar refractivity (Wildman–Crippen MR) is 56.3 cm³/mol. The van der Waals surface area contributed by atoms with Gasteiger partial charge in [-0.3, -0.25) is 0 Å². The summed E-state index contributed by atoms with van der Waals surface area (Å²) in [6.07, 6.45) is -4.26. The Bertz CT molecular complexity index is 508. The first-order valence-corrected chi connectivity index (χ1v) is 5.28. The maximum Gasteiger partial charge on any atom is 0.418 e. The molecule has 4 heteroatoms. The van der Waals surface area contributed by atoms with E-state index in [1.54, 1.807) is 12.1 Å². The van der Waals surface area contributed by atoms with Gasteiger partial charge < -0.3 is 0 Å². The van der Waals surface area contributed by atoms with Crippen molar-refractivity contribution in [1.82, 2.24) is 0 Å². The lowest BCUT2D eigenvalue weighted by atomic mass is 10.1. The fourth-order valence-corrected chi connectivity index (χ4v) is 2.81. The number of thiophene rings is 1. The molecule has 0 aliphatic carbocycles. The van der Waals surface area contributed by atoms with Crippen LogP contribution in [0, 0.1) is 13.8 Å². The lowest BCUT2D eigenvalue weighted by Crippen LogP contribution is -2.07. The van der Waals surface area contributed by atoms with Crippen LogP contribution in [0.2, 0.25) is 0 Å². The Labute approximate surface area is 89.3 Å². The highest BCUT2D eigenvalue weighted by atomic mass is 32.1. The second-order valence-electron chi connectivity index (χ2n) is 3.53. The number of fused-ring (bicyclic) bond motifs is 1. The summed E-state index contributed by atoms with van der Waals surface area (Å²) in [4.78, 5) is 0.904. The Morgan fingerprint density at radius 2 is 1.80 bits per heavy atom. The zero-order chi connectivity index (χ0) is 11.2. The Morgan fingerprint density at radius 1 is 1.13 bits per heavy atom. The maximum absolute atomic E-state index is 12.8. The molecule has 0 N–H and O–H groups in total. The molecule has 0 unspecified atom stereocenters. The lowest BCUT2D eigenvalue weighted by molar-refractivity contribution is -0.136. The van der Waals surface area contributed by atoms with Crippen LogP contribution in [0.15, 0.2) is 18.2 Å². The number of benzene rings is 1. The largest absolute Gasteiger partial charge is 0.418 e. The van der Waals surface area contributed by atoms with Crippen LogP contribution >= 0.6 is 11.3 Å². The summed E-state index contributed by atoms with van der Waals surface area (Å²) >= 11 is 1.20. The number of hydrogen-bond donors (Lipinski definition) is 0. The van der Waals surface area contributed by atoms with E-state index in [1.165, 1.54) is 24.3 Å². The fourth-order valence-electron chi connectivity index (χ4n) is 1.68. The highest BCUT2D eigenvalue weighted by molar-refractivity contribution is 7.19. The topological polar surface area (TPSA) is 0 Å². The van der Waals surface area contributed by atoms with E-state index in [4.69, 9.17) is 0 Å². The van der Waals surface area contributed by atoms with Crippen molar-refractivity contribution >= 4 is 21.4 Å². The quantitative estimate of drug-likeness (QED) is 0.623. The summed E-state index contributed by atoms with van der Waals surface area (Å²) < 4.78 is 38.7. The van der Waals surface area contributed by atoms with Gasteiger partial charge in [0.1, 0.15) is 0 Å². The molecule has 1 aromatic heterocycles. The van der Waals surface area contributed by atoms with E-state index < -0.39 is 11.7 Å². The summed E-state index contributed by atoms with van der Waals surface area (Å²) in [6.45, 7) is 3.32. The van der Waals surface area contributed by atoms with Crippen molar-refractivity contribution in [3.8, 4) is 0 Å². The van der Waals surface area contributed by atoms with E-state index in [-0.39, 0.29) is 5.56 Å². The van der Waals surface area contributed by atoms with Gasteiger partial charge in [-0.05, 0) is 30.9 Å². The van der Waals surface area contributed by atoms with Crippen molar-refractivity contribution in [2.45, 2.75) is 20.0 Å². The summed E-state index contributed by atoms with van der Waals surface area (Å²) in [5.74, 6) is 0. The minimum absolute atomic E-state index is 0.289. The highest BCUT2D eigenvalue weighted by Crippen LogP contribution is 2.40. The molecule has 2 aromatic rings. The van der Waals surface area contributed by atoms with E-state index in [2.05, 4.69) is 0 Å². The monoisotopic (exact) mass is 230 g/mol. The molecule has 0 fully saturated rings. The molecule has 0 amide bonds. The molecule has 0 saturated heterocycles. The molecule has 1 heterocycles. The first-order chi connectivity index (χ1) is 6.89. The van der Waals surface area contributed by atoms with Crippen LogP contribution in [-0.4, -0.2) is 0 Å². The first-order valence-electron chi connectivity index (χ1n) is 4.46. The van der Waals surface area contributed by atoms with Crippen LogP contribution in [0.3, 0.4) is 0 Å². The van der Waals surface area contributed by atoms with E-state index in [0.717, 1.165) is 4.88 Å². The van der Waals surface area contributed by atoms with Crippen molar-refractivity contribution < 1.29 is 13.2 Å². The zero-order valence-electron chi connectivity index (χ0n) is 8.27. The molecule has 0 atom stereocenters. The average molecular weight is 230 g/mol. The summed E-state index contributed by atoms with van der Waals surface area (Å²) in [7, 11) is 0. The van der Waals surface area contributed by atoms with Crippen molar-refractivity contribution in [3.05, 3.63) is 34.2 Å². The molecule has 0 aliphatic rings. The van der Waals surface area contributed by atoms with Gasteiger partial charge in [0.05, 0.1) is 5.56 Å². The SMILES string of the molecule is Cc1cc2ccc(C)c(C(F)(F)F)c2s1. The molecule has 2 rings (SSSR count). The molecule has 80 valence electrons. The van der Waals surface area contributed by atoms with Crippen LogP contribution in [-0.2, 0) is 6.18 Å². The minimum Gasteiger partial charge on any atom is -0.166 e. The van der Waals surface area contributed by atoms with Gasteiger partial charge in [0.25, 0.3) is 0 Å². The van der Waals surface area contributed by atoms with Crippen LogP contribution in [0.4, 0.5) is 13.2 Å². The van der Waals surface area contributed by atoms with E-state index in [1.807, 2.05) is 6.92 Å². The number of alkyl halides is 3. The fraction of sp³-hybridized carbons (Fsp3) is 0.273. The molecule has 0 nitrogen and oxygen atoms in total. The van der Waals surface area contributed by atoms with Crippen LogP contribution < -0.4 is 0 Å². The Balaban J connectivity index is 2.85. The van der Waals surface area contributed by atoms with Crippen molar-refractivity contribution in [2.75, 3.05) is 0 Å². The molecule has 0 radical (unpaired) electrons. The number of aryl methyl sites for hydroxylation is 2. The Morgan fingerprint density at radius 3 is 2.40 bits per heavy atom. The third-order valence-electron chi connectivity index (χ3n) is 2.30. The first kappa shape index (κ1) is 10.5. The van der Waals surface area contributed by atoms with Gasteiger partial charge in [0.2, 0.25) is 0 Å². The maximum atomic E-state index is 12.8. The van der Waals surface area contributed by atoms with E-state index in [9.17, 15) is 13.2 Å². The molecule has 0 spiro atoms.